The second kappa shape index (κ2) is 5.61. The minimum absolute atomic E-state index is 0.184. The summed E-state index contributed by atoms with van der Waals surface area (Å²) in [6.45, 7) is 0.184. The smallest absolute Gasteiger partial charge is 0.158 e. The molecule has 0 aliphatic carbocycles. The first kappa shape index (κ1) is 12.5. The van der Waals surface area contributed by atoms with Crippen molar-refractivity contribution >= 4 is 17.4 Å². The van der Waals surface area contributed by atoms with E-state index in [2.05, 4.69) is 15.4 Å². The van der Waals surface area contributed by atoms with Crippen LogP contribution in [0.15, 0.2) is 30.6 Å². The molecule has 5 nitrogen and oxygen atoms in total. The van der Waals surface area contributed by atoms with Gasteiger partial charge in [0, 0.05) is 0 Å². The number of benzene rings is 1. The minimum Gasteiger partial charge on any atom is -0.486 e. The lowest BCUT2D eigenvalue weighted by Gasteiger charge is -2.07. The molecule has 0 atom stereocenters. The lowest BCUT2D eigenvalue weighted by molar-refractivity contribution is 0.300. The number of hydrogen-bond acceptors (Lipinski definition) is 5. The lowest BCUT2D eigenvalue weighted by Crippen LogP contribution is -2.09. The molecule has 0 spiro atoms. The van der Waals surface area contributed by atoms with Crippen molar-refractivity contribution in [3.05, 3.63) is 47.1 Å². The third-order valence-corrected chi connectivity index (χ3v) is 2.42. The van der Waals surface area contributed by atoms with E-state index < -0.39 is 5.82 Å². The first-order valence-electron chi connectivity index (χ1n) is 5.04. The topological polar surface area (TPSA) is 73.1 Å². The zero-order chi connectivity index (χ0) is 13.0. The highest BCUT2D eigenvalue weighted by molar-refractivity contribution is 6.32. The van der Waals surface area contributed by atoms with Crippen molar-refractivity contribution in [2.24, 2.45) is 5.84 Å². The maximum atomic E-state index is 12.8. The Hall–Kier alpha value is -1.92. The highest BCUT2D eigenvalue weighted by Crippen LogP contribution is 2.25. The molecule has 0 bridgehead atoms. The Bertz CT molecular complexity index is 535. The van der Waals surface area contributed by atoms with Crippen molar-refractivity contribution in [1.29, 1.82) is 0 Å². The third kappa shape index (κ3) is 3.06. The van der Waals surface area contributed by atoms with Crippen LogP contribution in [0.2, 0.25) is 5.02 Å². The van der Waals surface area contributed by atoms with Crippen LogP contribution < -0.4 is 16.0 Å². The summed E-state index contributed by atoms with van der Waals surface area (Å²) in [6, 6.07) is 3.92. The van der Waals surface area contributed by atoms with Gasteiger partial charge in [-0.1, -0.05) is 11.6 Å². The minimum atomic E-state index is -0.412. The van der Waals surface area contributed by atoms with Crippen LogP contribution in [0.1, 0.15) is 5.69 Å². The van der Waals surface area contributed by atoms with E-state index in [1.807, 2.05) is 0 Å². The Morgan fingerprint density at radius 3 is 2.78 bits per heavy atom. The highest BCUT2D eigenvalue weighted by atomic mass is 35.5. The monoisotopic (exact) mass is 268 g/mol. The molecule has 3 N–H and O–H groups in total. The first-order chi connectivity index (χ1) is 8.69. The molecule has 0 saturated carbocycles. The predicted molar refractivity (Wildman–Crippen MR) is 65.6 cm³/mol. The number of aromatic nitrogens is 2. The highest BCUT2D eigenvalue weighted by Gasteiger charge is 2.04. The molecule has 0 aliphatic heterocycles. The average Bonchev–Trinajstić information content (AvgIpc) is 2.38. The van der Waals surface area contributed by atoms with Crippen molar-refractivity contribution in [1.82, 2.24) is 9.97 Å². The van der Waals surface area contributed by atoms with Crippen LogP contribution in [-0.2, 0) is 6.61 Å². The number of ether oxygens (including phenoxy) is 1. The van der Waals surface area contributed by atoms with Crippen LogP contribution in [0.3, 0.4) is 0 Å². The van der Waals surface area contributed by atoms with Gasteiger partial charge in [-0.15, -0.1) is 0 Å². The Morgan fingerprint density at radius 2 is 2.17 bits per heavy atom. The van der Waals surface area contributed by atoms with Gasteiger partial charge in [-0.05, 0) is 18.2 Å². The molecule has 1 heterocycles. The number of hydrogen-bond donors (Lipinski definition) is 2. The van der Waals surface area contributed by atoms with Crippen LogP contribution in [0.4, 0.5) is 10.2 Å². The summed E-state index contributed by atoms with van der Waals surface area (Å²) >= 11 is 5.82. The van der Waals surface area contributed by atoms with Gasteiger partial charge in [-0.3, -0.25) is 4.98 Å². The lowest BCUT2D eigenvalue weighted by atomic mass is 10.3. The molecule has 18 heavy (non-hydrogen) atoms. The van der Waals surface area contributed by atoms with E-state index in [1.165, 1.54) is 30.6 Å². The van der Waals surface area contributed by atoms with Crippen molar-refractivity contribution < 1.29 is 9.13 Å². The molecule has 0 saturated heterocycles. The second-order valence-electron chi connectivity index (χ2n) is 3.40. The number of nitrogens with one attached hydrogen (secondary N) is 1. The molecule has 94 valence electrons. The van der Waals surface area contributed by atoms with E-state index in [4.69, 9.17) is 22.2 Å². The van der Waals surface area contributed by atoms with Gasteiger partial charge in [0.15, 0.2) is 5.82 Å². The van der Waals surface area contributed by atoms with E-state index in [9.17, 15) is 4.39 Å². The molecule has 1 aromatic heterocycles. The van der Waals surface area contributed by atoms with Crippen molar-refractivity contribution in [3.8, 4) is 5.75 Å². The summed E-state index contributed by atoms with van der Waals surface area (Å²) in [5, 5.41) is 0.211. The number of hydrazine groups is 1. The number of nitrogens with zero attached hydrogens (tertiary/aromatic N) is 2. The molecule has 0 amide bonds. The van der Waals surface area contributed by atoms with Crippen LogP contribution in [0.25, 0.3) is 0 Å². The fourth-order valence-corrected chi connectivity index (χ4v) is 1.47. The molecule has 0 unspecified atom stereocenters. The molecule has 0 radical (unpaired) electrons. The Labute approximate surface area is 108 Å². The third-order valence-electron chi connectivity index (χ3n) is 2.12. The molecular formula is C11H10ClFN4O. The molecule has 2 rings (SSSR count). The van der Waals surface area contributed by atoms with Crippen molar-refractivity contribution in [2.45, 2.75) is 6.61 Å². The number of nitrogens with two attached hydrogens (primary N) is 1. The van der Waals surface area contributed by atoms with Crippen LogP contribution in [0.5, 0.6) is 5.75 Å². The van der Waals surface area contributed by atoms with Crippen LogP contribution in [-0.4, -0.2) is 9.97 Å². The summed E-state index contributed by atoms with van der Waals surface area (Å²) in [4.78, 5) is 8.04. The van der Waals surface area contributed by atoms with E-state index >= 15 is 0 Å². The van der Waals surface area contributed by atoms with Gasteiger partial charge in [0.2, 0.25) is 0 Å². The van der Waals surface area contributed by atoms with Crippen molar-refractivity contribution in [3.63, 3.8) is 0 Å². The molecule has 7 heteroatoms. The summed E-state index contributed by atoms with van der Waals surface area (Å²) in [5.41, 5.74) is 2.97. The summed E-state index contributed by atoms with van der Waals surface area (Å²) in [5.74, 6) is 5.60. The number of nitrogen functional groups attached to an aromatic ring is 1. The average molecular weight is 269 g/mol. The largest absolute Gasteiger partial charge is 0.486 e. The van der Waals surface area contributed by atoms with E-state index in [0.29, 0.717) is 17.3 Å². The van der Waals surface area contributed by atoms with Gasteiger partial charge >= 0.3 is 0 Å². The second-order valence-corrected chi connectivity index (χ2v) is 3.81. The first-order valence-corrected chi connectivity index (χ1v) is 5.42. The summed E-state index contributed by atoms with van der Waals surface area (Å²) < 4.78 is 18.2. The van der Waals surface area contributed by atoms with Gasteiger partial charge < -0.3 is 10.2 Å². The van der Waals surface area contributed by atoms with Gasteiger partial charge in [0.25, 0.3) is 0 Å². The zero-order valence-corrected chi connectivity index (χ0v) is 9.99. The Morgan fingerprint density at radius 1 is 1.33 bits per heavy atom. The van der Waals surface area contributed by atoms with Gasteiger partial charge in [0.1, 0.15) is 18.2 Å². The Balaban J connectivity index is 2.02. The SMILES string of the molecule is NNc1cnc(COc2ccc(F)cc2Cl)cn1. The number of rotatable bonds is 4. The molecule has 0 fully saturated rings. The predicted octanol–water partition coefficient (Wildman–Crippen LogP) is 2.13. The van der Waals surface area contributed by atoms with Crippen LogP contribution >= 0.6 is 11.6 Å². The molecule has 0 aliphatic rings. The van der Waals surface area contributed by atoms with Gasteiger partial charge in [-0.2, -0.15) is 0 Å². The van der Waals surface area contributed by atoms with Crippen LogP contribution in [0, 0.1) is 5.82 Å². The molecule has 2 aromatic rings. The summed E-state index contributed by atoms with van der Waals surface area (Å²) in [7, 11) is 0. The normalized spacial score (nSPS) is 10.2. The number of halogens is 2. The quantitative estimate of drug-likeness (QED) is 0.656. The fourth-order valence-electron chi connectivity index (χ4n) is 1.25. The van der Waals surface area contributed by atoms with Gasteiger partial charge in [-0.25, -0.2) is 15.2 Å². The molecule has 1 aromatic carbocycles. The maximum absolute atomic E-state index is 12.8. The molecular weight excluding hydrogens is 259 g/mol. The fraction of sp³-hybridized carbons (Fsp3) is 0.0909. The number of anilines is 1. The van der Waals surface area contributed by atoms with E-state index in [-0.39, 0.29) is 11.6 Å². The standard InChI is InChI=1S/C11H10ClFN4O/c12-9-3-7(13)1-2-10(9)18-6-8-4-16-11(17-14)5-15-8/h1-5H,6,14H2,(H,16,17). The van der Waals surface area contributed by atoms with E-state index in [0.717, 1.165) is 0 Å². The van der Waals surface area contributed by atoms with Crippen molar-refractivity contribution in [2.75, 3.05) is 5.43 Å². The Kier molecular flexibility index (Phi) is 3.91. The van der Waals surface area contributed by atoms with Gasteiger partial charge in [0.05, 0.1) is 23.1 Å². The zero-order valence-electron chi connectivity index (χ0n) is 9.23. The summed E-state index contributed by atoms with van der Waals surface area (Å²) in [6.07, 6.45) is 3.00. The maximum Gasteiger partial charge on any atom is 0.158 e. The van der Waals surface area contributed by atoms with E-state index in [1.54, 1.807) is 0 Å².